The fourth-order valence-corrected chi connectivity index (χ4v) is 3.70. The molecule has 0 spiro atoms. The molecule has 3 heterocycles. The van der Waals surface area contributed by atoms with Gasteiger partial charge in [0.2, 0.25) is 0 Å². The predicted octanol–water partition coefficient (Wildman–Crippen LogP) is 2.37. The van der Waals surface area contributed by atoms with Gasteiger partial charge in [0, 0.05) is 38.9 Å². The lowest BCUT2D eigenvalue weighted by Crippen LogP contribution is -2.44. The Morgan fingerprint density at radius 3 is 2.62 bits per heavy atom. The van der Waals surface area contributed by atoms with Crippen molar-refractivity contribution in [3.8, 4) is 0 Å². The summed E-state index contributed by atoms with van der Waals surface area (Å²) in [6.07, 6.45) is 1.83. The van der Waals surface area contributed by atoms with Gasteiger partial charge in [0.1, 0.15) is 5.82 Å². The molecule has 0 aromatic carbocycles. The summed E-state index contributed by atoms with van der Waals surface area (Å²) in [6, 6.07) is 4.04. The van der Waals surface area contributed by atoms with E-state index in [1.54, 1.807) is 0 Å². The molecule has 3 rings (SSSR count). The number of nitrogens with zero attached hydrogens (tertiary/aromatic N) is 4. The second-order valence-electron chi connectivity index (χ2n) is 6.95. The van der Waals surface area contributed by atoms with Crippen LogP contribution < -0.4 is 10.2 Å². The molecule has 1 amide bonds. The van der Waals surface area contributed by atoms with Gasteiger partial charge in [-0.2, -0.15) is 5.10 Å². The van der Waals surface area contributed by atoms with Gasteiger partial charge in [0.25, 0.3) is 5.91 Å². The lowest BCUT2D eigenvalue weighted by atomic mass is 10.1. The molecular formula is C18H25BrN6O. The van der Waals surface area contributed by atoms with E-state index in [1.807, 2.05) is 32.2 Å². The van der Waals surface area contributed by atoms with Crippen molar-refractivity contribution in [2.45, 2.75) is 26.3 Å². The molecule has 2 aromatic heterocycles. The highest BCUT2D eigenvalue weighted by Crippen LogP contribution is 2.25. The average molecular weight is 421 g/mol. The summed E-state index contributed by atoms with van der Waals surface area (Å²) < 4.78 is 0.730. The van der Waals surface area contributed by atoms with Crippen molar-refractivity contribution in [2.75, 3.05) is 38.1 Å². The molecule has 0 saturated carbocycles. The number of aromatic amines is 1. The molecule has 0 radical (unpaired) electrons. The summed E-state index contributed by atoms with van der Waals surface area (Å²) in [5.41, 5.74) is 2.27. The molecule has 0 aliphatic carbocycles. The zero-order chi connectivity index (χ0) is 18.7. The molecule has 0 bridgehead atoms. The summed E-state index contributed by atoms with van der Waals surface area (Å²) in [4.78, 5) is 21.5. The Labute approximate surface area is 162 Å². The topological polar surface area (TPSA) is 77.2 Å². The van der Waals surface area contributed by atoms with Crippen molar-refractivity contribution < 1.29 is 4.79 Å². The third-order valence-electron chi connectivity index (χ3n) is 4.61. The van der Waals surface area contributed by atoms with E-state index < -0.39 is 0 Å². The maximum atomic E-state index is 12.4. The number of nitrogens with one attached hydrogen (secondary N) is 2. The number of halogens is 1. The van der Waals surface area contributed by atoms with Gasteiger partial charge in [-0.25, -0.2) is 4.98 Å². The number of amides is 1. The highest BCUT2D eigenvalue weighted by molar-refractivity contribution is 9.10. The summed E-state index contributed by atoms with van der Waals surface area (Å²) in [5.74, 6) is 1.05. The average Bonchev–Trinajstić information content (AvgIpc) is 3.03. The van der Waals surface area contributed by atoms with Gasteiger partial charge < -0.3 is 15.1 Å². The highest BCUT2D eigenvalue weighted by Gasteiger charge is 2.19. The van der Waals surface area contributed by atoms with Crippen molar-refractivity contribution in [2.24, 2.45) is 0 Å². The van der Waals surface area contributed by atoms with Crippen molar-refractivity contribution in [1.82, 2.24) is 25.4 Å². The summed E-state index contributed by atoms with van der Waals surface area (Å²) in [7, 11) is 2.14. The molecule has 0 atom stereocenters. The number of hydrogen-bond acceptors (Lipinski definition) is 5. The van der Waals surface area contributed by atoms with Gasteiger partial charge in [-0.15, -0.1) is 0 Å². The number of anilines is 1. The molecule has 1 aliphatic rings. The minimum atomic E-state index is -0.205. The Bertz CT molecular complexity index is 750. The molecule has 7 nitrogen and oxygen atoms in total. The fraction of sp³-hybridized carbons (Fsp3) is 0.500. The summed E-state index contributed by atoms with van der Waals surface area (Å²) in [5, 5.41) is 9.94. The summed E-state index contributed by atoms with van der Waals surface area (Å²) in [6.45, 7) is 8.61. The van der Waals surface area contributed by atoms with Crippen LogP contribution >= 0.6 is 15.9 Å². The normalized spacial score (nSPS) is 15.5. The maximum Gasteiger partial charge on any atom is 0.273 e. The number of piperazine rings is 1. The van der Waals surface area contributed by atoms with E-state index in [-0.39, 0.29) is 11.8 Å². The third kappa shape index (κ3) is 4.24. The number of aromatic nitrogens is 3. The molecule has 2 N–H and O–H groups in total. The van der Waals surface area contributed by atoms with Gasteiger partial charge in [-0.05, 0) is 40.5 Å². The number of likely N-dealkylation sites (N-methyl/N-ethyl adjacent to an activating group) is 1. The molecule has 26 heavy (non-hydrogen) atoms. The van der Waals surface area contributed by atoms with E-state index in [2.05, 4.69) is 53.3 Å². The Hall–Kier alpha value is -1.93. The van der Waals surface area contributed by atoms with E-state index in [4.69, 9.17) is 0 Å². The van der Waals surface area contributed by atoms with Crippen molar-refractivity contribution in [3.63, 3.8) is 0 Å². The standard InChI is InChI=1S/C18H25BrN6O/c1-12(2)16-15(19)17(23-22-16)18(26)21-11-13-4-5-14(20-10-13)25-8-6-24(3)7-9-25/h4-5,10,12H,6-9,11H2,1-3H3,(H,21,26)(H,22,23). The summed E-state index contributed by atoms with van der Waals surface area (Å²) >= 11 is 3.46. The van der Waals surface area contributed by atoms with Gasteiger partial charge >= 0.3 is 0 Å². The first-order valence-electron chi connectivity index (χ1n) is 8.86. The molecule has 2 aromatic rings. The molecule has 1 saturated heterocycles. The Morgan fingerprint density at radius 1 is 1.31 bits per heavy atom. The van der Waals surface area contributed by atoms with Crippen molar-refractivity contribution in [1.29, 1.82) is 0 Å². The van der Waals surface area contributed by atoms with Crippen LogP contribution in [0, 0.1) is 0 Å². The zero-order valence-electron chi connectivity index (χ0n) is 15.4. The number of pyridine rings is 1. The molecular weight excluding hydrogens is 396 g/mol. The number of H-pyrrole nitrogens is 1. The molecule has 8 heteroatoms. The third-order valence-corrected chi connectivity index (χ3v) is 5.42. The van der Waals surface area contributed by atoms with Crippen LogP contribution in [0.3, 0.4) is 0 Å². The van der Waals surface area contributed by atoms with Crippen LogP contribution in [0.1, 0.15) is 41.5 Å². The zero-order valence-corrected chi connectivity index (χ0v) is 17.0. The van der Waals surface area contributed by atoms with Crippen molar-refractivity contribution >= 4 is 27.7 Å². The second kappa shape index (κ2) is 8.18. The Morgan fingerprint density at radius 2 is 2.04 bits per heavy atom. The fourth-order valence-electron chi connectivity index (χ4n) is 2.88. The van der Waals surface area contributed by atoms with Gasteiger partial charge in [0.05, 0.1) is 10.2 Å². The Kier molecular flexibility index (Phi) is 5.93. The Balaban J connectivity index is 1.57. The predicted molar refractivity (Wildman–Crippen MR) is 105 cm³/mol. The van der Waals surface area contributed by atoms with E-state index in [0.717, 1.165) is 47.7 Å². The lowest BCUT2D eigenvalue weighted by molar-refractivity contribution is 0.0945. The number of carbonyl (C=O) groups excluding carboxylic acids is 1. The molecule has 140 valence electrons. The van der Waals surface area contributed by atoms with Crippen LogP contribution in [0.15, 0.2) is 22.8 Å². The van der Waals surface area contributed by atoms with Crippen molar-refractivity contribution in [3.05, 3.63) is 39.8 Å². The van der Waals surface area contributed by atoms with E-state index in [1.165, 1.54) is 0 Å². The van der Waals surface area contributed by atoms with Gasteiger partial charge in [-0.1, -0.05) is 19.9 Å². The molecule has 0 unspecified atom stereocenters. The number of rotatable bonds is 5. The minimum absolute atomic E-state index is 0.205. The molecule has 1 fully saturated rings. The van der Waals surface area contributed by atoms with Crippen LogP contribution in [-0.2, 0) is 6.54 Å². The number of hydrogen-bond donors (Lipinski definition) is 2. The number of carbonyl (C=O) groups is 1. The van der Waals surface area contributed by atoms with Crippen LogP contribution in [0.5, 0.6) is 0 Å². The largest absolute Gasteiger partial charge is 0.354 e. The van der Waals surface area contributed by atoms with Gasteiger partial charge in [0.15, 0.2) is 5.69 Å². The monoisotopic (exact) mass is 420 g/mol. The SMILES string of the molecule is CC(C)c1[nH]nc(C(=O)NCc2ccc(N3CCN(C)CC3)nc2)c1Br. The van der Waals surface area contributed by atoms with Crippen LogP contribution in [-0.4, -0.2) is 59.2 Å². The van der Waals surface area contributed by atoms with Gasteiger partial charge in [-0.3, -0.25) is 9.89 Å². The first-order valence-corrected chi connectivity index (χ1v) is 9.65. The van der Waals surface area contributed by atoms with Crippen LogP contribution in [0.4, 0.5) is 5.82 Å². The lowest BCUT2D eigenvalue weighted by Gasteiger charge is -2.33. The first-order chi connectivity index (χ1) is 12.5. The first kappa shape index (κ1) is 18.8. The van der Waals surface area contributed by atoms with E-state index >= 15 is 0 Å². The highest BCUT2D eigenvalue weighted by atomic mass is 79.9. The smallest absolute Gasteiger partial charge is 0.273 e. The van der Waals surface area contributed by atoms with Crippen LogP contribution in [0.2, 0.25) is 0 Å². The van der Waals surface area contributed by atoms with E-state index in [9.17, 15) is 4.79 Å². The minimum Gasteiger partial charge on any atom is -0.354 e. The molecule has 1 aliphatic heterocycles. The quantitative estimate of drug-likeness (QED) is 0.776. The second-order valence-corrected chi connectivity index (χ2v) is 7.75. The van der Waals surface area contributed by atoms with Crippen LogP contribution in [0.25, 0.3) is 0 Å². The maximum absolute atomic E-state index is 12.4. The van der Waals surface area contributed by atoms with E-state index in [0.29, 0.717) is 12.2 Å².